The molecule has 0 aromatic rings. The average Bonchev–Trinajstić information content (AvgIpc) is 2.83. The van der Waals surface area contributed by atoms with E-state index in [1.54, 1.807) is 0 Å². The molecule has 3 heterocycles. The first-order valence-electron chi connectivity index (χ1n) is 10.9. The maximum Gasteiger partial charge on any atom is 0.187 e. The number of hydrogen-bond acceptors (Lipinski definition) is 15. The van der Waals surface area contributed by atoms with E-state index in [1.165, 1.54) is 6.92 Å². The minimum absolute atomic E-state index is 0.601. The minimum atomic E-state index is -1.85. The van der Waals surface area contributed by atoms with Gasteiger partial charge in [0.2, 0.25) is 0 Å². The summed E-state index contributed by atoms with van der Waals surface area (Å²) in [5, 5.41) is 100. The second-order valence-electron chi connectivity index (χ2n) is 8.65. The van der Waals surface area contributed by atoms with Gasteiger partial charge >= 0.3 is 0 Å². The maximum atomic E-state index is 10.6. The molecule has 3 aliphatic rings. The topological polar surface area (TPSA) is 248 Å². The Balaban J connectivity index is 1.72. The molecule has 3 aliphatic heterocycles. The molecule has 0 saturated carbocycles. The highest BCUT2D eigenvalue weighted by Crippen LogP contribution is 2.32. The third-order valence-corrected chi connectivity index (χ3v) is 6.35. The van der Waals surface area contributed by atoms with Crippen LogP contribution in [0.4, 0.5) is 0 Å². The van der Waals surface area contributed by atoms with Gasteiger partial charge in [-0.1, -0.05) is 0 Å². The van der Waals surface area contributed by atoms with E-state index in [1.807, 2.05) is 0 Å². The Morgan fingerprint density at radius 3 is 1.41 bits per heavy atom. The van der Waals surface area contributed by atoms with Crippen molar-refractivity contribution >= 4 is 0 Å². The Morgan fingerprint density at radius 1 is 0.500 bits per heavy atom. The fourth-order valence-corrected chi connectivity index (χ4v) is 4.26. The number of ether oxygens (including phenoxy) is 5. The van der Waals surface area contributed by atoms with E-state index in [0.29, 0.717) is 0 Å². The highest BCUT2D eigenvalue weighted by Gasteiger charge is 2.52. The number of aliphatic hydroxyl groups is 10. The summed E-state index contributed by atoms with van der Waals surface area (Å²) >= 11 is 0. The minimum Gasteiger partial charge on any atom is -0.394 e. The Labute approximate surface area is 194 Å². The molecule has 10 N–H and O–H groups in total. The molecule has 0 radical (unpaired) electrons. The lowest BCUT2D eigenvalue weighted by Crippen LogP contribution is -2.66. The van der Waals surface area contributed by atoms with Crippen molar-refractivity contribution in [2.75, 3.05) is 19.8 Å². The first kappa shape index (κ1) is 28.0. The Bertz CT molecular complexity index is 635. The van der Waals surface area contributed by atoms with Gasteiger partial charge in [0.05, 0.1) is 25.9 Å². The fourth-order valence-electron chi connectivity index (χ4n) is 4.26. The van der Waals surface area contributed by atoms with Crippen LogP contribution in [-0.4, -0.2) is 163 Å². The molecule has 6 unspecified atom stereocenters. The monoisotopic (exact) mass is 502 g/mol. The molecule has 200 valence electrons. The van der Waals surface area contributed by atoms with Gasteiger partial charge < -0.3 is 74.7 Å². The lowest BCUT2D eigenvalue weighted by Gasteiger charge is -2.48. The third kappa shape index (κ3) is 5.39. The van der Waals surface area contributed by atoms with E-state index in [2.05, 4.69) is 0 Å². The van der Waals surface area contributed by atoms with Crippen molar-refractivity contribution in [1.29, 1.82) is 0 Å². The van der Waals surface area contributed by atoms with Crippen molar-refractivity contribution in [1.82, 2.24) is 0 Å². The van der Waals surface area contributed by atoms with Gasteiger partial charge in [-0.2, -0.15) is 0 Å². The summed E-state index contributed by atoms with van der Waals surface area (Å²) in [6.45, 7) is -0.626. The predicted molar refractivity (Wildman–Crippen MR) is 105 cm³/mol. The van der Waals surface area contributed by atoms with Crippen molar-refractivity contribution in [2.24, 2.45) is 0 Å². The van der Waals surface area contributed by atoms with E-state index in [-0.39, 0.29) is 0 Å². The molecule has 0 bridgehead atoms. The van der Waals surface area contributed by atoms with E-state index in [4.69, 9.17) is 23.7 Å². The van der Waals surface area contributed by atoms with E-state index in [0.717, 1.165) is 0 Å². The number of aliphatic hydroxyl groups excluding tert-OH is 10. The van der Waals surface area contributed by atoms with Crippen LogP contribution in [0, 0.1) is 0 Å². The third-order valence-electron chi connectivity index (χ3n) is 6.35. The average molecular weight is 502 g/mol. The van der Waals surface area contributed by atoms with Gasteiger partial charge in [0.25, 0.3) is 0 Å². The first-order chi connectivity index (χ1) is 16.0. The van der Waals surface area contributed by atoms with Gasteiger partial charge in [-0.15, -0.1) is 0 Å². The molecule has 0 aliphatic carbocycles. The summed E-state index contributed by atoms with van der Waals surface area (Å²) in [5.74, 6) is 0. The van der Waals surface area contributed by atoms with Gasteiger partial charge in [-0.05, 0) is 6.92 Å². The largest absolute Gasteiger partial charge is 0.394 e. The molecule has 15 heteroatoms. The van der Waals surface area contributed by atoms with Crippen molar-refractivity contribution in [3.63, 3.8) is 0 Å². The summed E-state index contributed by atoms with van der Waals surface area (Å²) in [5.41, 5.74) is 0. The highest BCUT2D eigenvalue weighted by molar-refractivity contribution is 4.96. The second-order valence-corrected chi connectivity index (χ2v) is 8.65. The normalized spacial score (nSPS) is 52.5. The van der Waals surface area contributed by atoms with E-state index < -0.39 is 112 Å². The first-order valence-corrected chi connectivity index (χ1v) is 10.9. The van der Waals surface area contributed by atoms with Crippen molar-refractivity contribution < 1.29 is 74.7 Å². The van der Waals surface area contributed by atoms with Crippen LogP contribution in [0.3, 0.4) is 0 Å². The summed E-state index contributed by atoms with van der Waals surface area (Å²) in [4.78, 5) is 0. The van der Waals surface area contributed by atoms with Crippen LogP contribution < -0.4 is 0 Å². The number of hydrogen-bond donors (Lipinski definition) is 10. The van der Waals surface area contributed by atoms with Crippen LogP contribution in [0.15, 0.2) is 0 Å². The summed E-state index contributed by atoms with van der Waals surface area (Å²) in [7, 11) is 0. The Hall–Kier alpha value is -0.600. The Kier molecular flexibility index (Phi) is 9.57. The zero-order chi connectivity index (χ0) is 25.3. The molecular formula is C19H34O15. The molecule has 3 rings (SSSR count). The van der Waals surface area contributed by atoms with Gasteiger partial charge in [0.15, 0.2) is 12.6 Å². The smallest absolute Gasteiger partial charge is 0.187 e. The summed E-state index contributed by atoms with van der Waals surface area (Å²) in [6.07, 6.45) is -22.6. The summed E-state index contributed by atoms with van der Waals surface area (Å²) < 4.78 is 27.1. The van der Waals surface area contributed by atoms with Crippen molar-refractivity contribution in [2.45, 2.75) is 98.9 Å². The summed E-state index contributed by atoms with van der Waals surface area (Å²) in [6, 6.07) is 0. The molecule has 15 atom stereocenters. The van der Waals surface area contributed by atoms with Crippen LogP contribution >= 0.6 is 0 Å². The van der Waals surface area contributed by atoms with E-state index in [9.17, 15) is 51.1 Å². The molecular weight excluding hydrogens is 468 g/mol. The van der Waals surface area contributed by atoms with Crippen molar-refractivity contribution in [3.8, 4) is 0 Å². The van der Waals surface area contributed by atoms with Gasteiger partial charge in [0, 0.05) is 0 Å². The van der Waals surface area contributed by atoms with Crippen LogP contribution in [0.5, 0.6) is 0 Å². The molecule has 0 aromatic carbocycles. The van der Waals surface area contributed by atoms with Gasteiger partial charge in [-0.3, -0.25) is 0 Å². The highest BCUT2D eigenvalue weighted by atomic mass is 16.7. The quantitative estimate of drug-likeness (QED) is 0.155. The number of rotatable bonds is 7. The molecule has 0 amide bonds. The predicted octanol–water partition coefficient (Wildman–Crippen LogP) is -6.50. The SMILES string of the molecule is C[C@@H]1O[C@@H](CO)[C@@H](O[C@@H]2OC(CO)[C@H](O[C@H]3OC(CO)[C@H](O)[C@H](O)C3O)[C@H](O)C2O)C(O)C1O. The zero-order valence-corrected chi connectivity index (χ0v) is 18.3. The van der Waals surface area contributed by atoms with Crippen molar-refractivity contribution in [3.05, 3.63) is 0 Å². The zero-order valence-electron chi connectivity index (χ0n) is 18.3. The lowest BCUT2D eigenvalue weighted by atomic mass is 9.94. The molecule has 0 spiro atoms. The standard InChI is InChI=1S/C19H34O15/c1-5-9(23)12(26)16(7(3-21)30-5)33-19-15(29)13(27)17(8(4-22)32-19)34-18-14(28)11(25)10(24)6(2-20)31-18/h5-29H,2-4H2,1H3/t5-,6?,7-,8?,9?,10-,11-,12?,13+,14?,15?,16+,17-,18+,19-/m0/s1. The van der Waals surface area contributed by atoms with Gasteiger partial charge in [-0.25, -0.2) is 0 Å². The van der Waals surface area contributed by atoms with Crippen LogP contribution in [0.1, 0.15) is 6.92 Å². The van der Waals surface area contributed by atoms with E-state index >= 15 is 0 Å². The van der Waals surface area contributed by atoms with Crippen LogP contribution in [0.25, 0.3) is 0 Å². The molecule has 0 aromatic heterocycles. The maximum absolute atomic E-state index is 10.6. The Morgan fingerprint density at radius 2 is 0.912 bits per heavy atom. The van der Waals surface area contributed by atoms with Crippen LogP contribution in [0.2, 0.25) is 0 Å². The lowest BCUT2D eigenvalue weighted by molar-refractivity contribution is -0.372. The molecule has 3 saturated heterocycles. The molecule has 3 fully saturated rings. The molecule has 34 heavy (non-hydrogen) atoms. The fraction of sp³-hybridized carbons (Fsp3) is 1.00. The van der Waals surface area contributed by atoms with Gasteiger partial charge in [0.1, 0.15) is 73.2 Å². The second kappa shape index (κ2) is 11.6. The van der Waals surface area contributed by atoms with Crippen LogP contribution in [-0.2, 0) is 23.7 Å². The molecule has 15 nitrogen and oxygen atoms in total.